The Balaban J connectivity index is 2.36. The molecule has 41 heavy (non-hydrogen) atoms. The first-order valence-corrected chi connectivity index (χ1v) is 13.7. The number of guanidine groups is 1. The van der Waals surface area contributed by atoms with Crippen LogP contribution in [0, 0.1) is 17.2 Å². The zero-order valence-corrected chi connectivity index (χ0v) is 23.4. The summed E-state index contributed by atoms with van der Waals surface area (Å²) < 4.78 is 0. The molecule has 0 radical (unpaired) electrons. The molecule has 12 N–H and O–H groups in total. The van der Waals surface area contributed by atoms with E-state index in [0.29, 0.717) is 30.4 Å². The summed E-state index contributed by atoms with van der Waals surface area (Å²) in [6.07, 6.45) is 6.22. The smallest absolute Gasteiger partial charge is 0.243 e. The fraction of sp³-hybridized carbons (Fsp3) is 0.500. The number of nitrogen functional groups attached to an aromatic ring is 1. The van der Waals surface area contributed by atoms with Gasteiger partial charge in [-0.05, 0) is 43.6 Å². The SMILES string of the molecule is C=CCN(C(=O)C(Cc1ccc(C(=N)N)cc1)C(N)=O)[C@H](C(=O)N[C@@H](CCCN=C(N)N)C(N)=O)C1CCCCC1. The van der Waals surface area contributed by atoms with Gasteiger partial charge in [0.1, 0.15) is 23.8 Å². The number of benzene rings is 1. The van der Waals surface area contributed by atoms with E-state index in [-0.39, 0.29) is 43.6 Å². The average molecular weight is 570 g/mol. The van der Waals surface area contributed by atoms with E-state index < -0.39 is 41.6 Å². The Bertz CT molecular complexity index is 1130. The summed E-state index contributed by atoms with van der Waals surface area (Å²) in [6.45, 7) is 4.00. The topological polar surface area (TPSA) is 250 Å². The number of amides is 4. The van der Waals surface area contributed by atoms with Crippen LogP contribution in [0.1, 0.15) is 56.1 Å². The summed E-state index contributed by atoms with van der Waals surface area (Å²) in [5, 5.41) is 10.3. The second-order valence-electron chi connectivity index (χ2n) is 10.3. The van der Waals surface area contributed by atoms with Gasteiger partial charge in [0.25, 0.3) is 0 Å². The van der Waals surface area contributed by atoms with Crippen LogP contribution in [0.15, 0.2) is 41.9 Å². The van der Waals surface area contributed by atoms with Crippen LogP contribution in [0.4, 0.5) is 0 Å². The Hall–Kier alpha value is -4.42. The molecule has 0 aromatic heterocycles. The summed E-state index contributed by atoms with van der Waals surface area (Å²) in [5.74, 6) is -4.36. The molecule has 224 valence electrons. The van der Waals surface area contributed by atoms with Gasteiger partial charge < -0.3 is 38.9 Å². The Morgan fingerprint density at radius 2 is 1.66 bits per heavy atom. The highest BCUT2D eigenvalue weighted by Crippen LogP contribution is 2.30. The summed E-state index contributed by atoms with van der Waals surface area (Å²) in [7, 11) is 0. The lowest BCUT2D eigenvalue weighted by molar-refractivity contribution is -0.149. The predicted molar refractivity (Wildman–Crippen MR) is 157 cm³/mol. The van der Waals surface area contributed by atoms with Gasteiger partial charge in [-0.1, -0.05) is 49.6 Å². The van der Waals surface area contributed by atoms with E-state index in [9.17, 15) is 19.2 Å². The molecule has 1 aliphatic carbocycles. The van der Waals surface area contributed by atoms with Crippen LogP contribution < -0.4 is 34.0 Å². The van der Waals surface area contributed by atoms with Gasteiger partial charge in [-0.25, -0.2) is 0 Å². The molecule has 1 aliphatic rings. The zero-order valence-electron chi connectivity index (χ0n) is 23.4. The van der Waals surface area contributed by atoms with Crippen molar-refractivity contribution in [3.05, 3.63) is 48.0 Å². The third-order valence-corrected chi connectivity index (χ3v) is 7.26. The van der Waals surface area contributed by atoms with Gasteiger partial charge in [-0.15, -0.1) is 6.58 Å². The van der Waals surface area contributed by atoms with Crippen LogP contribution in [-0.2, 0) is 25.6 Å². The summed E-state index contributed by atoms with van der Waals surface area (Å²) in [5.41, 5.74) is 28.7. The molecule has 0 saturated heterocycles. The van der Waals surface area contributed by atoms with E-state index in [1.54, 1.807) is 24.3 Å². The van der Waals surface area contributed by atoms with Gasteiger partial charge in [0.05, 0.1) is 0 Å². The number of rotatable bonds is 16. The lowest BCUT2D eigenvalue weighted by atomic mass is 9.82. The molecule has 1 unspecified atom stereocenters. The standard InChI is InChI=1S/C28H43N9O4/c1-2-15-37(27(41)20(24(31)38)16-17-10-12-19(13-11-17)23(29)30)22(18-7-4-3-5-8-18)26(40)36-21(25(32)39)9-6-14-35-28(33)34/h2,10-13,18,20-22H,1,3-9,14-16H2,(H3,29,30)(H2,31,38)(H2,32,39)(H,36,40)(H4,33,34,35)/t20?,21-,22-/m0/s1. The average Bonchev–Trinajstić information content (AvgIpc) is 2.93. The van der Waals surface area contributed by atoms with Crippen molar-refractivity contribution in [2.45, 2.75) is 63.5 Å². The molecule has 1 saturated carbocycles. The van der Waals surface area contributed by atoms with E-state index in [1.165, 1.54) is 11.0 Å². The molecule has 4 amide bonds. The quantitative estimate of drug-likeness (QED) is 0.0455. The molecule has 1 fully saturated rings. The first kappa shape index (κ1) is 32.8. The predicted octanol–water partition coefficient (Wildman–Crippen LogP) is -0.398. The van der Waals surface area contributed by atoms with E-state index in [1.807, 2.05) is 0 Å². The molecule has 0 spiro atoms. The van der Waals surface area contributed by atoms with Crippen LogP contribution in [0.2, 0.25) is 0 Å². The van der Waals surface area contributed by atoms with Gasteiger partial charge in [0.2, 0.25) is 23.6 Å². The maximum absolute atomic E-state index is 14.0. The number of aliphatic imine (C=N–C) groups is 1. The molecule has 0 bridgehead atoms. The molecule has 2 rings (SSSR count). The van der Waals surface area contributed by atoms with Crippen molar-refractivity contribution in [1.82, 2.24) is 10.2 Å². The molecule has 1 aromatic carbocycles. The number of hydrogen-bond acceptors (Lipinski definition) is 6. The van der Waals surface area contributed by atoms with E-state index in [0.717, 1.165) is 19.3 Å². The molecular formula is C28H43N9O4. The van der Waals surface area contributed by atoms with Crippen LogP contribution in [-0.4, -0.2) is 65.5 Å². The summed E-state index contributed by atoms with van der Waals surface area (Å²) in [4.78, 5) is 57.8. The van der Waals surface area contributed by atoms with Crippen LogP contribution in [0.5, 0.6) is 0 Å². The summed E-state index contributed by atoms with van der Waals surface area (Å²) >= 11 is 0. The lowest BCUT2D eigenvalue weighted by Crippen LogP contribution is -2.59. The molecule has 3 atom stereocenters. The minimum atomic E-state index is -1.26. The first-order chi connectivity index (χ1) is 19.5. The van der Waals surface area contributed by atoms with Crippen molar-refractivity contribution in [2.24, 2.45) is 45.5 Å². The Labute approximate surface area is 240 Å². The van der Waals surface area contributed by atoms with Gasteiger partial charge in [0, 0.05) is 18.7 Å². The van der Waals surface area contributed by atoms with Gasteiger partial charge in [-0.2, -0.15) is 0 Å². The number of nitrogens with zero attached hydrogens (tertiary/aromatic N) is 2. The Morgan fingerprint density at radius 1 is 1.02 bits per heavy atom. The largest absolute Gasteiger partial charge is 0.384 e. The fourth-order valence-electron chi connectivity index (χ4n) is 5.15. The van der Waals surface area contributed by atoms with Crippen molar-refractivity contribution in [3.8, 4) is 0 Å². The number of carbonyl (C=O) groups is 4. The van der Waals surface area contributed by atoms with Crippen LogP contribution in [0.3, 0.4) is 0 Å². The van der Waals surface area contributed by atoms with Crippen molar-refractivity contribution in [2.75, 3.05) is 13.1 Å². The highest BCUT2D eigenvalue weighted by Gasteiger charge is 2.41. The third-order valence-electron chi connectivity index (χ3n) is 7.26. The maximum Gasteiger partial charge on any atom is 0.243 e. The van der Waals surface area contributed by atoms with Crippen molar-refractivity contribution in [1.29, 1.82) is 5.41 Å². The van der Waals surface area contributed by atoms with E-state index >= 15 is 0 Å². The molecular weight excluding hydrogens is 526 g/mol. The normalized spacial score (nSPS) is 15.5. The number of nitrogens with one attached hydrogen (secondary N) is 2. The van der Waals surface area contributed by atoms with Crippen LogP contribution >= 0.6 is 0 Å². The van der Waals surface area contributed by atoms with Crippen molar-refractivity contribution < 1.29 is 19.2 Å². The number of amidine groups is 1. The molecule has 1 aromatic rings. The number of carbonyl (C=O) groups excluding carboxylic acids is 4. The first-order valence-electron chi connectivity index (χ1n) is 13.7. The molecule has 0 heterocycles. The minimum Gasteiger partial charge on any atom is -0.384 e. The second kappa shape index (κ2) is 16.0. The molecule has 13 nitrogen and oxygen atoms in total. The number of hydrogen-bond donors (Lipinski definition) is 7. The van der Waals surface area contributed by atoms with Gasteiger partial charge >= 0.3 is 0 Å². The monoisotopic (exact) mass is 569 g/mol. The Morgan fingerprint density at radius 3 is 2.17 bits per heavy atom. The Kier molecular flexibility index (Phi) is 12.8. The highest BCUT2D eigenvalue weighted by molar-refractivity contribution is 6.02. The fourth-order valence-corrected chi connectivity index (χ4v) is 5.15. The molecule has 0 aliphatic heterocycles. The number of primary amides is 2. The maximum atomic E-state index is 14.0. The van der Waals surface area contributed by atoms with Crippen molar-refractivity contribution in [3.63, 3.8) is 0 Å². The second-order valence-corrected chi connectivity index (χ2v) is 10.3. The minimum absolute atomic E-state index is 0.00625. The third kappa shape index (κ3) is 9.92. The van der Waals surface area contributed by atoms with Gasteiger partial charge in [0.15, 0.2) is 5.96 Å². The van der Waals surface area contributed by atoms with Gasteiger partial charge in [-0.3, -0.25) is 29.6 Å². The highest BCUT2D eigenvalue weighted by atomic mass is 16.2. The van der Waals surface area contributed by atoms with Crippen molar-refractivity contribution >= 4 is 35.4 Å². The van der Waals surface area contributed by atoms with Crippen LogP contribution in [0.25, 0.3) is 0 Å². The number of nitrogens with two attached hydrogens (primary N) is 5. The van der Waals surface area contributed by atoms with E-state index in [4.69, 9.17) is 34.1 Å². The lowest BCUT2D eigenvalue weighted by Gasteiger charge is -2.39. The zero-order chi connectivity index (χ0) is 30.5. The molecule has 13 heteroatoms. The summed E-state index contributed by atoms with van der Waals surface area (Å²) in [6, 6.07) is 4.61. The van der Waals surface area contributed by atoms with E-state index in [2.05, 4.69) is 16.9 Å².